The summed E-state index contributed by atoms with van der Waals surface area (Å²) in [5.74, 6) is 2.53. The van der Waals surface area contributed by atoms with Crippen molar-refractivity contribution >= 4 is 11.2 Å². The van der Waals surface area contributed by atoms with Crippen molar-refractivity contribution in [3.05, 3.63) is 36.3 Å². The van der Waals surface area contributed by atoms with E-state index in [2.05, 4.69) is 10.8 Å². The minimum Gasteiger partial charge on any atom is -0.616 e. The lowest BCUT2D eigenvalue weighted by Gasteiger charge is -2.11. The number of hydrogen-bond acceptors (Lipinski definition) is 3. The predicted molar refractivity (Wildman–Crippen MR) is 85.0 cm³/mol. The normalized spacial score (nSPS) is 15.5. The minimum absolute atomic E-state index is 0.466. The van der Waals surface area contributed by atoms with Crippen LogP contribution in [0.2, 0.25) is 0 Å². The molecule has 0 fully saturated rings. The Labute approximate surface area is 128 Å². The zero-order valence-corrected chi connectivity index (χ0v) is 13.1. The zero-order chi connectivity index (χ0) is 14.7. The molecule has 1 aromatic heterocycles. The van der Waals surface area contributed by atoms with Gasteiger partial charge in [-0.05, 0) is 25.0 Å². The van der Waals surface area contributed by atoms with E-state index >= 15 is 0 Å². The molecule has 0 N–H and O–H groups in total. The van der Waals surface area contributed by atoms with Gasteiger partial charge in [0.2, 0.25) is 0 Å². The third kappa shape index (κ3) is 3.41. The maximum Gasteiger partial charge on any atom is 0.139 e. The van der Waals surface area contributed by atoms with Gasteiger partial charge in [-0.3, -0.25) is 0 Å². The average Bonchev–Trinajstić information content (AvgIpc) is 2.91. The van der Waals surface area contributed by atoms with Crippen LogP contribution in [0.3, 0.4) is 0 Å². The quantitative estimate of drug-likeness (QED) is 0.798. The first kappa shape index (κ1) is 14.5. The van der Waals surface area contributed by atoms with E-state index in [0.717, 1.165) is 30.0 Å². The second-order valence-electron chi connectivity index (χ2n) is 5.31. The lowest BCUT2D eigenvalue weighted by atomic mass is 10.1. The molecular formula is C16H20N2O2S. The lowest BCUT2D eigenvalue weighted by Crippen LogP contribution is -2.12. The van der Waals surface area contributed by atoms with Crippen LogP contribution in [-0.2, 0) is 24.1 Å². The molecule has 1 aliphatic rings. The number of hydrogen-bond donors (Lipinski definition) is 0. The number of rotatable bonds is 5. The Morgan fingerprint density at radius 1 is 1.33 bits per heavy atom. The monoisotopic (exact) mass is 304 g/mol. The second-order valence-corrected chi connectivity index (χ2v) is 6.87. The molecule has 1 aliphatic heterocycles. The standard InChI is InChI=1S/C16H20N2O2S/c1-21(19)11-10-20-15-7-3-2-6-13(15)14-12-18-9-5-4-8-16(18)17-14/h2-3,6-7,12H,4-5,8-11H2,1H3. The van der Waals surface area contributed by atoms with Crippen LogP contribution in [0, 0.1) is 0 Å². The molecule has 2 heterocycles. The van der Waals surface area contributed by atoms with Gasteiger partial charge in [0, 0.05) is 24.7 Å². The van der Waals surface area contributed by atoms with Crippen LogP contribution in [-0.4, -0.2) is 32.7 Å². The molecule has 1 unspecified atom stereocenters. The first-order valence-corrected chi connectivity index (χ1v) is 9.05. The van der Waals surface area contributed by atoms with E-state index in [-0.39, 0.29) is 0 Å². The Morgan fingerprint density at radius 2 is 2.19 bits per heavy atom. The number of para-hydroxylation sites is 1. The van der Waals surface area contributed by atoms with E-state index in [0.29, 0.717) is 12.4 Å². The number of imidazole rings is 1. The Bertz CT molecular complexity index is 587. The highest BCUT2D eigenvalue weighted by molar-refractivity contribution is 7.90. The van der Waals surface area contributed by atoms with Crippen molar-refractivity contribution in [1.29, 1.82) is 0 Å². The van der Waals surface area contributed by atoms with Crippen LogP contribution in [0.4, 0.5) is 0 Å². The van der Waals surface area contributed by atoms with Crippen molar-refractivity contribution in [3.63, 3.8) is 0 Å². The van der Waals surface area contributed by atoms with E-state index in [4.69, 9.17) is 9.72 Å². The van der Waals surface area contributed by atoms with Crippen LogP contribution >= 0.6 is 0 Å². The molecular weight excluding hydrogens is 284 g/mol. The summed E-state index contributed by atoms with van der Waals surface area (Å²) < 4.78 is 19.2. The molecule has 0 saturated heterocycles. The van der Waals surface area contributed by atoms with Crippen LogP contribution in [0.15, 0.2) is 30.5 Å². The van der Waals surface area contributed by atoms with Gasteiger partial charge in [-0.1, -0.05) is 23.3 Å². The third-order valence-corrected chi connectivity index (χ3v) is 4.44. The zero-order valence-electron chi connectivity index (χ0n) is 12.2. The summed E-state index contributed by atoms with van der Waals surface area (Å²) in [6.07, 6.45) is 7.31. The van der Waals surface area contributed by atoms with Crippen molar-refractivity contribution in [2.45, 2.75) is 25.8 Å². The van der Waals surface area contributed by atoms with Gasteiger partial charge in [-0.2, -0.15) is 0 Å². The van der Waals surface area contributed by atoms with E-state index in [1.54, 1.807) is 6.26 Å². The van der Waals surface area contributed by atoms with Crippen LogP contribution < -0.4 is 4.74 Å². The van der Waals surface area contributed by atoms with Crippen LogP contribution in [0.25, 0.3) is 11.3 Å². The topological polar surface area (TPSA) is 50.1 Å². The molecule has 4 nitrogen and oxygen atoms in total. The van der Waals surface area contributed by atoms with Gasteiger partial charge >= 0.3 is 0 Å². The average molecular weight is 304 g/mol. The Balaban J connectivity index is 1.82. The maximum absolute atomic E-state index is 11.1. The first-order valence-electron chi connectivity index (χ1n) is 7.32. The molecule has 112 valence electrons. The van der Waals surface area contributed by atoms with Crippen molar-refractivity contribution in [1.82, 2.24) is 9.55 Å². The summed E-state index contributed by atoms with van der Waals surface area (Å²) in [4.78, 5) is 4.75. The highest BCUT2D eigenvalue weighted by atomic mass is 32.2. The van der Waals surface area contributed by atoms with Gasteiger partial charge in [-0.25, -0.2) is 4.98 Å². The second kappa shape index (κ2) is 6.54. The smallest absolute Gasteiger partial charge is 0.139 e. The Hall–Kier alpha value is -1.46. The summed E-state index contributed by atoms with van der Waals surface area (Å²) in [6.45, 7) is 1.52. The van der Waals surface area contributed by atoms with Gasteiger partial charge in [0.15, 0.2) is 0 Å². The van der Waals surface area contributed by atoms with Gasteiger partial charge in [0.25, 0.3) is 0 Å². The highest BCUT2D eigenvalue weighted by Gasteiger charge is 2.15. The number of benzene rings is 1. The van der Waals surface area contributed by atoms with E-state index in [1.165, 1.54) is 18.7 Å². The highest BCUT2D eigenvalue weighted by Crippen LogP contribution is 2.30. The summed E-state index contributed by atoms with van der Waals surface area (Å²) in [6, 6.07) is 7.94. The molecule has 0 bridgehead atoms. The molecule has 5 heteroatoms. The molecule has 2 aromatic rings. The lowest BCUT2D eigenvalue weighted by molar-refractivity contribution is 0.342. The molecule has 0 radical (unpaired) electrons. The molecule has 21 heavy (non-hydrogen) atoms. The molecule has 0 aliphatic carbocycles. The summed E-state index contributed by atoms with van der Waals surface area (Å²) >= 11 is -0.829. The summed E-state index contributed by atoms with van der Waals surface area (Å²) in [7, 11) is 0. The first-order chi connectivity index (χ1) is 10.2. The number of fused-ring (bicyclic) bond motifs is 1. The van der Waals surface area contributed by atoms with Crippen molar-refractivity contribution in [3.8, 4) is 17.0 Å². The molecule has 1 aromatic carbocycles. The third-order valence-electron chi connectivity index (χ3n) is 3.70. The fraction of sp³-hybridized carbons (Fsp3) is 0.438. The molecule has 0 spiro atoms. The Kier molecular flexibility index (Phi) is 4.51. The van der Waals surface area contributed by atoms with E-state index < -0.39 is 11.2 Å². The van der Waals surface area contributed by atoms with Crippen molar-refractivity contribution in [2.24, 2.45) is 0 Å². The molecule has 0 amide bonds. The van der Waals surface area contributed by atoms with E-state index in [9.17, 15) is 4.55 Å². The van der Waals surface area contributed by atoms with Gasteiger partial charge in [0.1, 0.15) is 23.9 Å². The summed E-state index contributed by atoms with van der Waals surface area (Å²) in [5.41, 5.74) is 1.99. The van der Waals surface area contributed by atoms with Crippen molar-refractivity contribution < 1.29 is 9.29 Å². The van der Waals surface area contributed by atoms with Gasteiger partial charge in [0.05, 0.1) is 11.9 Å². The number of aryl methyl sites for hydroxylation is 2. The summed E-state index contributed by atoms with van der Waals surface area (Å²) in [5, 5.41) is 0. The van der Waals surface area contributed by atoms with Gasteiger partial charge in [-0.15, -0.1) is 0 Å². The van der Waals surface area contributed by atoms with Gasteiger partial charge < -0.3 is 13.9 Å². The van der Waals surface area contributed by atoms with Crippen LogP contribution in [0.1, 0.15) is 18.7 Å². The molecule has 1 atom stereocenters. The number of nitrogens with zero attached hydrogens (tertiary/aromatic N) is 2. The molecule has 0 saturated carbocycles. The Morgan fingerprint density at radius 3 is 3.00 bits per heavy atom. The number of aromatic nitrogens is 2. The fourth-order valence-electron chi connectivity index (χ4n) is 2.62. The van der Waals surface area contributed by atoms with Crippen LogP contribution in [0.5, 0.6) is 5.75 Å². The SMILES string of the molecule is C[S+]([O-])CCOc1ccccc1-c1cn2c(n1)CCCC2. The number of ether oxygens (including phenoxy) is 1. The van der Waals surface area contributed by atoms with E-state index in [1.807, 2.05) is 24.3 Å². The molecule has 3 rings (SSSR count). The van der Waals surface area contributed by atoms with Crippen molar-refractivity contribution in [2.75, 3.05) is 18.6 Å². The predicted octanol–water partition coefficient (Wildman–Crippen LogP) is 2.64. The largest absolute Gasteiger partial charge is 0.616 e. The minimum atomic E-state index is -0.829. The fourth-order valence-corrected chi connectivity index (χ4v) is 2.93. The maximum atomic E-state index is 11.1.